The summed E-state index contributed by atoms with van der Waals surface area (Å²) in [5.41, 5.74) is 4.24. The van der Waals surface area contributed by atoms with Gasteiger partial charge in [-0.15, -0.1) is 10.5 Å². The molecule has 2 aliphatic heterocycles. The summed E-state index contributed by atoms with van der Waals surface area (Å²) in [6.45, 7) is 6.18. The third-order valence-corrected chi connectivity index (χ3v) is 7.81. The highest BCUT2D eigenvalue weighted by molar-refractivity contribution is 8.16. The average molecular weight is 469 g/mol. The standard InChI is InChI=1S/C28H28N4OS/c1-3-31-21-34(27-12-8-6-10-25(27)31)20-19-30-23-15-13-22(14-16-23)29-18-17-28-32(4-2)24-9-5-7-11-26(24)33-28/h5-20H,3-4,21H2,1-2H3. The molecule has 2 aliphatic rings. The van der Waals surface area contributed by atoms with Gasteiger partial charge < -0.3 is 14.5 Å². The van der Waals surface area contributed by atoms with Crippen LogP contribution in [-0.2, 0) is 0 Å². The third kappa shape index (κ3) is 4.54. The Labute approximate surface area is 203 Å². The van der Waals surface area contributed by atoms with Crippen LogP contribution in [0.1, 0.15) is 13.8 Å². The first kappa shape index (κ1) is 22.2. The lowest BCUT2D eigenvalue weighted by molar-refractivity contribution is 0.441. The lowest BCUT2D eigenvalue weighted by Crippen LogP contribution is -2.19. The van der Waals surface area contributed by atoms with Gasteiger partial charge in [0.05, 0.1) is 28.6 Å². The molecule has 3 aromatic carbocycles. The van der Waals surface area contributed by atoms with Gasteiger partial charge in [-0.3, -0.25) is 9.98 Å². The van der Waals surface area contributed by atoms with Crippen LogP contribution in [0.4, 0.5) is 22.7 Å². The van der Waals surface area contributed by atoms with Gasteiger partial charge >= 0.3 is 0 Å². The van der Waals surface area contributed by atoms with Crippen LogP contribution in [-0.4, -0.2) is 36.8 Å². The van der Waals surface area contributed by atoms with E-state index in [9.17, 15) is 0 Å². The SMILES string of the molecule is CCN1CS(=CC=Nc2ccc(N=CC=C3Oc4ccccc4N3CC)cc2)c2ccccc21. The Balaban J connectivity index is 1.24. The van der Waals surface area contributed by atoms with Crippen molar-refractivity contribution in [1.29, 1.82) is 0 Å². The maximum atomic E-state index is 5.96. The number of fused-ring (bicyclic) bond motifs is 2. The molecule has 0 saturated heterocycles. The molecule has 0 radical (unpaired) electrons. The van der Waals surface area contributed by atoms with Crippen molar-refractivity contribution in [2.75, 3.05) is 28.8 Å². The maximum absolute atomic E-state index is 5.96. The number of hydrogen-bond donors (Lipinski definition) is 0. The summed E-state index contributed by atoms with van der Waals surface area (Å²) in [7, 11) is 0.0713. The van der Waals surface area contributed by atoms with Gasteiger partial charge in [-0.2, -0.15) is 0 Å². The Morgan fingerprint density at radius 3 is 2.24 bits per heavy atom. The highest BCUT2D eigenvalue weighted by Gasteiger charge is 2.23. The Morgan fingerprint density at radius 2 is 1.50 bits per heavy atom. The van der Waals surface area contributed by atoms with Crippen molar-refractivity contribution in [3.05, 3.63) is 84.8 Å². The molecule has 1 atom stereocenters. The molecule has 0 N–H and O–H groups in total. The summed E-state index contributed by atoms with van der Waals surface area (Å²) in [5.74, 6) is 2.71. The number of allylic oxidation sites excluding steroid dienone is 1. The molecular weight excluding hydrogens is 440 g/mol. The average Bonchev–Trinajstić information content (AvgIpc) is 3.42. The van der Waals surface area contributed by atoms with Crippen LogP contribution in [0.15, 0.2) is 99.6 Å². The molecule has 6 heteroatoms. The van der Waals surface area contributed by atoms with Gasteiger partial charge in [0, 0.05) is 36.5 Å². The Bertz CT molecular complexity index is 1290. The molecular formula is C28H28N4OS. The fourth-order valence-electron chi connectivity index (χ4n) is 4.13. The van der Waals surface area contributed by atoms with Crippen LogP contribution in [0.5, 0.6) is 5.75 Å². The van der Waals surface area contributed by atoms with Crippen LogP contribution in [0.25, 0.3) is 0 Å². The van der Waals surface area contributed by atoms with E-state index in [1.807, 2.05) is 54.8 Å². The zero-order chi connectivity index (χ0) is 23.3. The highest BCUT2D eigenvalue weighted by atomic mass is 32.2. The molecule has 5 rings (SSSR count). The molecule has 0 bridgehead atoms. The summed E-state index contributed by atoms with van der Waals surface area (Å²) < 4.78 is 5.96. The zero-order valence-corrected chi connectivity index (χ0v) is 20.3. The van der Waals surface area contributed by atoms with Crippen LogP contribution in [0, 0.1) is 0 Å². The normalized spacial score (nSPS) is 18.3. The van der Waals surface area contributed by atoms with E-state index in [-0.39, 0.29) is 10.5 Å². The Kier molecular flexibility index (Phi) is 6.58. The number of aliphatic imine (C=N–C) groups is 2. The fourth-order valence-corrected chi connectivity index (χ4v) is 6.09. The van der Waals surface area contributed by atoms with E-state index >= 15 is 0 Å². The van der Waals surface area contributed by atoms with Gasteiger partial charge in [-0.05, 0) is 67.7 Å². The first-order valence-corrected chi connectivity index (χ1v) is 13.0. The molecule has 172 valence electrons. The van der Waals surface area contributed by atoms with Gasteiger partial charge in [-0.25, -0.2) is 0 Å². The van der Waals surface area contributed by atoms with E-state index in [0.29, 0.717) is 0 Å². The summed E-state index contributed by atoms with van der Waals surface area (Å²) in [6, 6.07) is 24.7. The van der Waals surface area contributed by atoms with Gasteiger partial charge in [0.1, 0.15) is 0 Å². The molecule has 34 heavy (non-hydrogen) atoms. The fraction of sp³-hybridized carbons (Fsp3) is 0.179. The van der Waals surface area contributed by atoms with Gasteiger partial charge in [0.25, 0.3) is 0 Å². The minimum absolute atomic E-state index is 0.0713. The highest BCUT2D eigenvalue weighted by Crippen LogP contribution is 2.42. The zero-order valence-electron chi connectivity index (χ0n) is 19.5. The monoisotopic (exact) mass is 468 g/mol. The predicted octanol–water partition coefficient (Wildman–Crippen LogP) is 6.78. The van der Waals surface area contributed by atoms with Gasteiger partial charge in [-0.1, -0.05) is 24.3 Å². The molecule has 0 fully saturated rings. The molecule has 0 spiro atoms. The van der Waals surface area contributed by atoms with Crippen molar-refractivity contribution in [3.63, 3.8) is 0 Å². The predicted molar refractivity (Wildman–Crippen MR) is 147 cm³/mol. The number of ether oxygens (including phenoxy) is 1. The van der Waals surface area contributed by atoms with Gasteiger partial charge in [0.2, 0.25) is 5.88 Å². The van der Waals surface area contributed by atoms with Crippen molar-refractivity contribution < 1.29 is 4.74 Å². The second-order valence-corrected chi connectivity index (χ2v) is 9.74. The molecule has 0 saturated carbocycles. The second kappa shape index (κ2) is 10.1. The van der Waals surface area contributed by atoms with Crippen molar-refractivity contribution in [3.8, 4) is 5.75 Å². The Hall–Kier alpha value is -3.64. The molecule has 0 aliphatic carbocycles. The van der Waals surface area contributed by atoms with Crippen molar-refractivity contribution >= 4 is 51.0 Å². The molecule has 0 amide bonds. The maximum Gasteiger partial charge on any atom is 0.202 e. The number of anilines is 2. The van der Waals surface area contributed by atoms with E-state index < -0.39 is 0 Å². The van der Waals surface area contributed by atoms with Crippen molar-refractivity contribution in [2.24, 2.45) is 9.98 Å². The summed E-state index contributed by atoms with van der Waals surface area (Å²) in [4.78, 5) is 15.2. The van der Waals surface area contributed by atoms with E-state index in [4.69, 9.17) is 4.74 Å². The molecule has 2 heterocycles. The number of para-hydroxylation sites is 3. The number of hydrogen-bond acceptors (Lipinski definition) is 5. The van der Waals surface area contributed by atoms with E-state index in [1.165, 1.54) is 10.6 Å². The number of benzene rings is 3. The largest absolute Gasteiger partial charge is 0.439 e. The van der Waals surface area contributed by atoms with Crippen LogP contribution in [0.3, 0.4) is 0 Å². The van der Waals surface area contributed by atoms with E-state index in [1.54, 1.807) is 6.21 Å². The van der Waals surface area contributed by atoms with E-state index in [0.717, 1.165) is 47.7 Å². The van der Waals surface area contributed by atoms with Crippen molar-refractivity contribution in [1.82, 2.24) is 0 Å². The van der Waals surface area contributed by atoms with Crippen LogP contribution >= 0.6 is 10.5 Å². The molecule has 1 unspecified atom stereocenters. The summed E-state index contributed by atoms with van der Waals surface area (Å²) >= 11 is 0. The smallest absolute Gasteiger partial charge is 0.202 e. The first-order chi connectivity index (χ1) is 16.8. The minimum atomic E-state index is 0.0713. The lowest BCUT2D eigenvalue weighted by Gasteiger charge is -2.14. The molecule has 3 aromatic rings. The Morgan fingerprint density at radius 1 is 0.824 bits per heavy atom. The van der Waals surface area contributed by atoms with Crippen LogP contribution in [0.2, 0.25) is 0 Å². The molecule has 0 aromatic heterocycles. The minimum Gasteiger partial charge on any atom is -0.439 e. The van der Waals surface area contributed by atoms with Gasteiger partial charge in [0.15, 0.2) is 5.75 Å². The van der Waals surface area contributed by atoms with Crippen LogP contribution < -0.4 is 14.5 Å². The summed E-state index contributed by atoms with van der Waals surface area (Å²) in [6.07, 6.45) is 5.63. The first-order valence-electron chi connectivity index (χ1n) is 11.6. The number of nitrogens with zero attached hydrogens (tertiary/aromatic N) is 4. The topological polar surface area (TPSA) is 40.4 Å². The number of rotatable bonds is 6. The third-order valence-electron chi connectivity index (χ3n) is 5.86. The lowest BCUT2D eigenvalue weighted by atomic mass is 10.3. The second-order valence-electron chi connectivity index (χ2n) is 7.91. The van der Waals surface area contributed by atoms with E-state index in [2.05, 4.69) is 69.3 Å². The molecule has 5 nitrogen and oxygen atoms in total. The summed E-state index contributed by atoms with van der Waals surface area (Å²) in [5, 5.41) is 2.23. The van der Waals surface area contributed by atoms with Crippen molar-refractivity contribution in [2.45, 2.75) is 18.7 Å². The quantitative estimate of drug-likeness (QED) is 0.296.